The van der Waals surface area contributed by atoms with Gasteiger partial charge in [0.25, 0.3) is 0 Å². The summed E-state index contributed by atoms with van der Waals surface area (Å²) in [7, 11) is 0. The van der Waals surface area contributed by atoms with Crippen molar-refractivity contribution in [2.24, 2.45) is 5.10 Å². The maximum atomic E-state index is 11.8. The van der Waals surface area contributed by atoms with Crippen LogP contribution >= 0.6 is 22.6 Å². The third-order valence-corrected chi connectivity index (χ3v) is 3.36. The molecule has 20 heavy (non-hydrogen) atoms. The van der Waals surface area contributed by atoms with E-state index in [9.17, 15) is 14.4 Å². The molecular weight excluding hydrogens is 375 g/mol. The van der Waals surface area contributed by atoms with Gasteiger partial charge in [-0.1, -0.05) is 12.1 Å². The number of hydrogen-bond donors (Lipinski definition) is 1. The molecule has 0 aliphatic carbocycles. The summed E-state index contributed by atoms with van der Waals surface area (Å²) in [6.07, 6.45) is 0.418. The number of esters is 1. The summed E-state index contributed by atoms with van der Waals surface area (Å²) in [5, 5.41) is 3.60. The van der Waals surface area contributed by atoms with E-state index in [2.05, 4.69) is 33.1 Å². The number of ketones is 1. The van der Waals surface area contributed by atoms with E-state index >= 15 is 0 Å². The van der Waals surface area contributed by atoms with Crippen molar-refractivity contribution in [2.75, 3.05) is 6.61 Å². The van der Waals surface area contributed by atoms with Gasteiger partial charge in [-0.2, -0.15) is 5.10 Å². The highest BCUT2D eigenvalue weighted by molar-refractivity contribution is 14.1. The van der Waals surface area contributed by atoms with E-state index < -0.39 is 5.97 Å². The molecule has 1 heterocycles. The van der Waals surface area contributed by atoms with Crippen molar-refractivity contribution >= 4 is 46.0 Å². The van der Waals surface area contributed by atoms with Crippen molar-refractivity contribution in [1.82, 2.24) is 5.43 Å². The normalized spacial score (nSPS) is 14.2. The lowest BCUT2D eigenvalue weighted by Crippen LogP contribution is -2.31. The van der Waals surface area contributed by atoms with Gasteiger partial charge in [0, 0.05) is 22.0 Å². The summed E-state index contributed by atoms with van der Waals surface area (Å²) in [4.78, 5) is 34.3. The van der Waals surface area contributed by atoms with Crippen LogP contribution in [0.3, 0.4) is 0 Å². The van der Waals surface area contributed by atoms with Gasteiger partial charge < -0.3 is 4.74 Å². The SMILES string of the molecule is O=C1CCC(C(=O)OCC(=O)c2ccc(I)cc2)=NN1. The quantitative estimate of drug-likeness (QED) is 0.480. The molecule has 0 radical (unpaired) electrons. The van der Waals surface area contributed by atoms with Gasteiger partial charge in [-0.05, 0) is 34.7 Å². The molecule has 1 aromatic carbocycles. The van der Waals surface area contributed by atoms with Gasteiger partial charge in [0.15, 0.2) is 12.4 Å². The molecule has 1 aliphatic heterocycles. The molecule has 7 heteroatoms. The Hall–Kier alpha value is -1.77. The Kier molecular flexibility index (Phi) is 4.83. The van der Waals surface area contributed by atoms with Gasteiger partial charge in [0.2, 0.25) is 5.91 Å². The molecule has 0 saturated heterocycles. The van der Waals surface area contributed by atoms with Crippen LogP contribution in [-0.2, 0) is 14.3 Å². The first kappa shape index (κ1) is 14.6. The molecule has 1 amide bonds. The van der Waals surface area contributed by atoms with Crippen molar-refractivity contribution < 1.29 is 19.1 Å². The van der Waals surface area contributed by atoms with Gasteiger partial charge in [-0.3, -0.25) is 9.59 Å². The van der Waals surface area contributed by atoms with Gasteiger partial charge in [0.05, 0.1) is 0 Å². The minimum Gasteiger partial charge on any atom is -0.453 e. The van der Waals surface area contributed by atoms with Crippen LogP contribution in [0.25, 0.3) is 0 Å². The highest BCUT2D eigenvalue weighted by Gasteiger charge is 2.20. The fourth-order valence-corrected chi connectivity index (χ4v) is 1.91. The second kappa shape index (κ2) is 6.60. The minimum absolute atomic E-state index is 0.125. The van der Waals surface area contributed by atoms with Crippen LogP contribution in [0.1, 0.15) is 23.2 Å². The Morgan fingerprint density at radius 2 is 1.95 bits per heavy atom. The number of rotatable bonds is 4. The predicted molar refractivity (Wildman–Crippen MR) is 79.3 cm³/mol. The Morgan fingerprint density at radius 1 is 1.25 bits per heavy atom. The zero-order valence-electron chi connectivity index (χ0n) is 10.4. The van der Waals surface area contributed by atoms with Crippen LogP contribution in [0, 0.1) is 3.57 Å². The minimum atomic E-state index is -0.677. The van der Waals surface area contributed by atoms with Crippen LogP contribution < -0.4 is 5.43 Å². The van der Waals surface area contributed by atoms with Gasteiger partial charge in [-0.25, -0.2) is 10.2 Å². The molecule has 104 valence electrons. The average Bonchev–Trinajstić information content (AvgIpc) is 2.46. The first-order valence-corrected chi connectivity index (χ1v) is 6.95. The number of nitrogens with zero attached hydrogens (tertiary/aromatic N) is 1. The lowest BCUT2D eigenvalue weighted by molar-refractivity contribution is -0.134. The summed E-state index contributed by atoms with van der Waals surface area (Å²) >= 11 is 2.14. The molecule has 0 atom stereocenters. The van der Waals surface area contributed by atoms with E-state index in [4.69, 9.17) is 4.74 Å². The van der Waals surface area contributed by atoms with Crippen molar-refractivity contribution in [3.63, 3.8) is 0 Å². The van der Waals surface area contributed by atoms with E-state index in [1.807, 2.05) is 0 Å². The van der Waals surface area contributed by atoms with Crippen LogP contribution in [0.5, 0.6) is 0 Å². The number of hydrazone groups is 1. The Balaban J connectivity index is 1.88. The number of ether oxygens (including phenoxy) is 1. The molecule has 1 N–H and O–H groups in total. The predicted octanol–water partition coefficient (Wildman–Crippen LogP) is 1.28. The number of carbonyl (C=O) groups excluding carboxylic acids is 3. The third kappa shape index (κ3) is 3.86. The number of Topliss-reactive ketones (excluding diaryl/α,β-unsaturated/α-hetero) is 1. The zero-order valence-corrected chi connectivity index (χ0v) is 12.5. The number of halogens is 1. The standard InChI is InChI=1S/C13H11IN2O4/c14-9-3-1-8(2-4-9)11(17)7-20-13(19)10-5-6-12(18)16-15-10/h1-4H,5-7H2,(H,16,18). The topological polar surface area (TPSA) is 84.8 Å². The molecule has 0 bridgehead atoms. The number of hydrogen-bond acceptors (Lipinski definition) is 5. The lowest BCUT2D eigenvalue weighted by Gasteiger charge is -2.11. The van der Waals surface area contributed by atoms with E-state index in [-0.39, 0.29) is 36.9 Å². The molecule has 0 unspecified atom stereocenters. The summed E-state index contributed by atoms with van der Waals surface area (Å²) in [5.74, 6) is -1.20. The fourth-order valence-electron chi connectivity index (χ4n) is 1.55. The van der Waals surface area contributed by atoms with Crippen LogP contribution in [0.2, 0.25) is 0 Å². The van der Waals surface area contributed by atoms with Crippen LogP contribution in [0.4, 0.5) is 0 Å². The molecule has 6 nitrogen and oxygen atoms in total. The summed E-state index contributed by atoms with van der Waals surface area (Å²) < 4.78 is 5.91. The first-order valence-electron chi connectivity index (χ1n) is 5.87. The van der Waals surface area contributed by atoms with E-state index in [1.54, 1.807) is 24.3 Å². The molecule has 2 rings (SSSR count). The van der Waals surface area contributed by atoms with E-state index in [0.29, 0.717) is 5.56 Å². The van der Waals surface area contributed by atoms with E-state index in [1.165, 1.54) is 0 Å². The molecule has 0 fully saturated rings. The highest BCUT2D eigenvalue weighted by Crippen LogP contribution is 2.08. The molecule has 1 aromatic rings. The lowest BCUT2D eigenvalue weighted by atomic mass is 10.1. The molecule has 0 aromatic heterocycles. The Morgan fingerprint density at radius 3 is 2.55 bits per heavy atom. The molecular formula is C13H11IN2O4. The fraction of sp³-hybridized carbons (Fsp3) is 0.231. The van der Waals surface area contributed by atoms with E-state index in [0.717, 1.165) is 3.57 Å². The number of benzene rings is 1. The monoisotopic (exact) mass is 386 g/mol. The zero-order chi connectivity index (χ0) is 14.5. The van der Waals surface area contributed by atoms with Crippen molar-refractivity contribution in [1.29, 1.82) is 0 Å². The summed E-state index contributed by atoms with van der Waals surface area (Å²) in [6.45, 7) is -0.341. The maximum Gasteiger partial charge on any atom is 0.354 e. The summed E-state index contributed by atoms with van der Waals surface area (Å²) in [5.41, 5.74) is 2.81. The van der Waals surface area contributed by atoms with Crippen LogP contribution in [-0.4, -0.2) is 30.0 Å². The summed E-state index contributed by atoms with van der Waals surface area (Å²) in [6, 6.07) is 6.96. The van der Waals surface area contributed by atoms with Gasteiger partial charge in [-0.15, -0.1) is 0 Å². The van der Waals surface area contributed by atoms with Crippen molar-refractivity contribution in [3.8, 4) is 0 Å². The maximum absolute atomic E-state index is 11.8. The van der Waals surface area contributed by atoms with Crippen LogP contribution in [0.15, 0.2) is 29.4 Å². The molecule has 0 spiro atoms. The number of carbonyl (C=O) groups is 3. The third-order valence-electron chi connectivity index (χ3n) is 2.64. The Labute approximate surface area is 128 Å². The van der Waals surface area contributed by atoms with Gasteiger partial charge >= 0.3 is 5.97 Å². The highest BCUT2D eigenvalue weighted by atomic mass is 127. The molecule has 1 aliphatic rings. The first-order chi connectivity index (χ1) is 9.56. The molecule has 0 saturated carbocycles. The number of nitrogens with one attached hydrogen (secondary N) is 1. The largest absolute Gasteiger partial charge is 0.453 e. The second-order valence-electron chi connectivity index (χ2n) is 4.10. The van der Waals surface area contributed by atoms with Gasteiger partial charge in [0.1, 0.15) is 5.71 Å². The van der Waals surface area contributed by atoms with Crippen molar-refractivity contribution in [3.05, 3.63) is 33.4 Å². The Bertz CT molecular complexity index is 581. The average molecular weight is 386 g/mol. The second-order valence-corrected chi connectivity index (χ2v) is 5.35. The number of amides is 1. The smallest absolute Gasteiger partial charge is 0.354 e. The van der Waals surface area contributed by atoms with Crippen molar-refractivity contribution in [2.45, 2.75) is 12.8 Å².